The average molecular weight is 550 g/mol. The number of phosphoric acid groups is 2. The zero-order valence-corrected chi connectivity index (χ0v) is 20.5. The first-order chi connectivity index (χ1) is 16.9. The Bertz CT molecular complexity index is 1260. The second kappa shape index (κ2) is 11.7. The maximum atomic E-state index is 12.6. The Balaban J connectivity index is 1.79. The highest BCUT2D eigenvalue weighted by Gasteiger charge is 2.49. The lowest BCUT2D eigenvalue weighted by Crippen LogP contribution is -2.40. The number of aliphatic hydroxyl groups is 1. The van der Waals surface area contributed by atoms with Crippen molar-refractivity contribution in [1.29, 1.82) is 0 Å². The lowest BCUT2D eigenvalue weighted by molar-refractivity contribution is -0.0597. The molecule has 0 saturated carbocycles. The predicted molar refractivity (Wildman–Crippen MR) is 120 cm³/mol. The van der Waals surface area contributed by atoms with Crippen LogP contribution in [0, 0.1) is 0 Å². The van der Waals surface area contributed by atoms with E-state index in [0.29, 0.717) is 6.42 Å². The van der Waals surface area contributed by atoms with E-state index in [1.54, 1.807) is 25.1 Å². The molecule has 1 aliphatic heterocycles. The number of esters is 1. The number of carbonyl (C=O) groups excluding carboxylic acids is 1. The van der Waals surface area contributed by atoms with Crippen LogP contribution in [-0.2, 0) is 32.0 Å². The molecule has 1 fully saturated rings. The van der Waals surface area contributed by atoms with E-state index in [0.717, 1.165) is 16.8 Å². The summed E-state index contributed by atoms with van der Waals surface area (Å²) in [6.45, 7) is 0.498. The minimum atomic E-state index is -5.19. The van der Waals surface area contributed by atoms with Crippen molar-refractivity contribution in [2.45, 2.75) is 37.9 Å². The van der Waals surface area contributed by atoms with Gasteiger partial charge in [0.2, 0.25) is 0 Å². The van der Waals surface area contributed by atoms with Gasteiger partial charge in [-0.15, -0.1) is 0 Å². The predicted octanol–water partition coefficient (Wildman–Crippen LogP) is 0.681. The molecule has 4 N–H and O–H groups in total. The summed E-state index contributed by atoms with van der Waals surface area (Å²) in [5, 5.41) is 10.8. The van der Waals surface area contributed by atoms with Crippen LogP contribution in [0.25, 0.3) is 0 Å². The van der Waals surface area contributed by atoms with Crippen LogP contribution in [0.5, 0.6) is 0 Å². The molecule has 1 aliphatic rings. The third-order valence-electron chi connectivity index (χ3n) is 4.76. The van der Waals surface area contributed by atoms with Crippen LogP contribution in [0.3, 0.4) is 0 Å². The quantitative estimate of drug-likeness (QED) is 0.224. The maximum Gasteiger partial charge on any atom is 0.481 e. The van der Waals surface area contributed by atoms with Crippen LogP contribution in [-0.4, -0.2) is 61.9 Å². The molecule has 0 aliphatic carbocycles. The van der Waals surface area contributed by atoms with Crippen molar-refractivity contribution in [2.24, 2.45) is 0 Å². The van der Waals surface area contributed by atoms with E-state index in [-0.39, 0.29) is 12.2 Å². The van der Waals surface area contributed by atoms with Gasteiger partial charge in [0.05, 0.1) is 18.8 Å². The molecule has 198 valence electrons. The fraction of sp³-hybridized carbons (Fsp3) is 0.421. The first kappa shape index (κ1) is 28.1. The van der Waals surface area contributed by atoms with Crippen molar-refractivity contribution in [1.82, 2.24) is 9.55 Å². The van der Waals surface area contributed by atoms with Crippen molar-refractivity contribution in [3.05, 3.63) is 69.0 Å². The Morgan fingerprint density at radius 1 is 1.11 bits per heavy atom. The standard InChI is InChI=1S/C19H24N2O13P2/c1-2-10-30-35(26,27)34-36(28,29)31-11-13-15(23)16(33-18(24)12-6-4-3-5-7-12)17(32-13)21-9-8-14(22)20-19(21)25/h3-9,13,15-17,23H,2,10-11H2,1H3,(H,26,27)(H,28,29)(H,20,22,25)/t13-,15+,16?,17-/m1/s1. The summed E-state index contributed by atoms with van der Waals surface area (Å²) in [6.07, 6.45) is -4.86. The molecule has 0 bridgehead atoms. The second-order valence-electron chi connectivity index (χ2n) is 7.46. The normalized spacial score (nSPS) is 25.1. The van der Waals surface area contributed by atoms with Crippen molar-refractivity contribution < 1.29 is 51.6 Å². The van der Waals surface area contributed by atoms with Crippen molar-refractivity contribution >= 4 is 21.6 Å². The fourth-order valence-electron chi connectivity index (χ4n) is 3.15. The van der Waals surface area contributed by atoms with Gasteiger partial charge < -0.3 is 24.4 Å². The van der Waals surface area contributed by atoms with E-state index in [1.165, 1.54) is 12.1 Å². The van der Waals surface area contributed by atoms with E-state index in [4.69, 9.17) is 9.47 Å². The Morgan fingerprint density at radius 2 is 1.78 bits per heavy atom. The van der Waals surface area contributed by atoms with Gasteiger partial charge in [0.1, 0.15) is 12.2 Å². The number of phosphoric ester groups is 2. The van der Waals surface area contributed by atoms with E-state index in [1.807, 2.05) is 4.98 Å². The topological polar surface area (TPSA) is 213 Å². The summed E-state index contributed by atoms with van der Waals surface area (Å²) in [7, 11) is -10.1. The molecule has 2 heterocycles. The van der Waals surface area contributed by atoms with Gasteiger partial charge in [0, 0.05) is 12.3 Å². The van der Waals surface area contributed by atoms with Gasteiger partial charge in [-0.25, -0.2) is 18.7 Å². The number of hydrogen-bond donors (Lipinski definition) is 4. The molecule has 17 heteroatoms. The summed E-state index contributed by atoms with van der Waals surface area (Å²) in [6, 6.07) is 8.68. The third-order valence-corrected chi connectivity index (χ3v) is 7.39. The molecule has 15 nitrogen and oxygen atoms in total. The molecule has 36 heavy (non-hydrogen) atoms. The smallest absolute Gasteiger partial charge is 0.451 e. The number of ether oxygens (including phenoxy) is 2. The van der Waals surface area contributed by atoms with Crippen LogP contribution >= 0.6 is 15.6 Å². The molecule has 0 amide bonds. The first-order valence-electron chi connectivity index (χ1n) is 10.5. The molecule has 3 rings (SSSR count). The Kier molecular flexibility index (Phi) is 9.17. The van der Waals surface area contributed by atoms with Gasteiger partial charge >= 0.3 is 27.3 Å². The van der Waals surface area contributed by atoms with Crippen molar-refractivity contribution in [3.8, 4) is 0 Å². The molecule has 0 radical (unpaired) electrons. The number of benzene rings is 1. The average Bonchev–Trinajstić information content (AvgIpc) is 3.11. The van der Waals surface area contributed by atoms with E-state index in [9.17, 15) is 38.4 Å². The summed E-state index contributed by atoms with van der Waals surface area (Å²) >= 11 is 0. The number of nitrogens with one attached hydrogen (secondary N) is 1. The van der Waals surface area contributed by atoms with Gasteiger partial charge in [-0.1, -0.05) is 25.1 Å². The molecular weight excluding hydrogens is 526 g/mol. The summed E-state index contributed by atoms with van der Waals surface area (Å²) in [5.74, 6) is -0.877. The van der Waals surface area contributed by atoms with E-state index in [2.05, 4.69) is 13.4 Å². The fourth-order valence-corrected chi connectivity index (χ4v) is 5.32. The van der Waals surface area contributed by atoms with Gasteiger partial charge in [-0.2, -0.15) is 4.31 Å². The molecule has 1 saturated heterocycles. The largest absolute Gasteiger partial charge is 0.481 e. The molecule has 1 aromatic carbocycles. The number of H-pyrrole nitrogens is 1. The Morgan fingerprint density at radius 3 is 2.42 bits per heavy atom. The van der Waals surface area contributed by atoms with Gasteiger partial charge in [-0.05, 0) is 18.6 Å². The number of aromatic amines is 1. The number of hydrogen-bond acceptors (Lipinski definition) is 11. The monoisotopic (exact) mass is 550 g/mol. The van der Waals surface area contributed by atoms with Gasteiger partial charge in [-0.3, -0.25) is 23.4 Å². The number of aromatic nitrogens is 2. The highest BCUT2D eigenvalue weighted by atomic mass is 31.3. The van der Waals surface area contributed by atoms with Crippen molar-refractivity contribution in [3.63, 3.8) is 0 Å². The van der Waals surface area contributed by atoms with Crippen molar-refractivity contribution in [2.75, 3.05) is 13.2 Å². The van der Waals surface area contributed by atoms with Gasteiger partial charge in [0.25, 0.3) is 5.56 Å². The summed E-state index contributed by atoms with van der Waals surface area (Å²) in [4.78, 5) is 57.6. The van der Waals surface area contributed by atoms with Crippen LogP contribution in [0.1, 0.15) is 29.9 Å². The highest BCUT2D eigenvalue weighted by molar-refractivity contribution is 7.61. The number of rotatable bonds is 11. The number of nitrogens with zero attached hydrogens (tertiary/aromatic N) is 1. The molecule has 2 aromatic rings. The number of aliphatic hydroxyl groups excluding tert-OH is 1. The minimum absolute atomic E-state index is 0.121. The maximum absolute atomic E-state index is 12.6. The third kappa shape index (κ3) is 7.29. The zero-order chi connectivity index (χ0) is 26.5. The van der Waals surface area contributed by atoms with Crippen LogP contribution in [0.15, 0.2) is 52.2 Å². The number of carbonyl (C=O) groups is 1. The summed E-state index contributed by atoms with van der Waals surface area (Å²) < 4.78 is 49.0. The molecule has 3 unspecified atom stereocenters. The zero-order valence-electron chi connectivity index (χ0n) is 18.7. The van der Waals surface area contributed by atoms with Crippen LogP contribution in [0.2, 0.25) is 0 Å². The van der Waals surface area contributed by atoms with Crippen LogP contribution in [0.4, 0.5) is 0 Å². The first-order valence-corrected chi connectivity index (χ1v) is 13.5. The SMILES string of the molecule is CCCOP(=O)(O)OP(=O)(O)OC[C@H]1O[C@@H](n2ccc(=O)[nH]c2=O)C(OC(=O)c2ccccc2)[C@H]1O. The second-order valence-corrected chi connectivity index (χ2v) is 10.5. The van der Waals surface area contributed by atoms with E-state index < -0.39 is 64.0 Å². The van der Waals surface area contributed by atoms with Gasteiger partial charge in [0.15, 0.2) is 12.3 Å². The lowest BCUT2D eigenvalue weighted by atomic mass is 10.1. The summed E-state index contributed by atoms with van der Waals surface area (Å²) in [5.41, 5.74) is -1.55. The van der Waals surface area contributed by atoms with Crippen LogP contribution < -0.4 is 11.2 Å². The molecule has 1 aromatic heterocycles. The highest BCUT2D eigenvalue weighted by Crippen LogP contribution is 2.60. The molecular formula is C19H24N2O13P2. The Hall–Kier alpha value is -2.45. The minimum Gasteiger partial charge on any atom is -0.451 e. The molecule has 6 atom stereocenters. The Labute approximate surface area is 203 Å². The van der Waals surface area contributed by atoms with E-state index >= 15 is 0 Å². The molecule has 0 spiro atoms. The lowest BCUT2D eigenvalue weighted by Gasteiger charge is -2.22.